The van der Waals surface area contributed by atoms with E-state index in [1.54, 1.807) is 6.08 Å². The molecule has 116 valence electrons. The summed E-state index contributed by atoms with van der Waals surface area (Å²) in [5, 5.41) is 21.7. The average Bonchev–Trinajstić information content (AvgIpc) is 2.88. The van der Waals surface area contributed by atoms with Crippen LogP contribution in [0, 0.1) is 22.7 Å². The Morgan fingerprint density at radius 3 is 2.74 bits per heavy atom. The van der Waals surface area contributed by atoms with Gasteiger partial charge in [0.25, 0.3) is 5.91 Å². The normalized spacial score (nSPS) is 11.3. The van der Waals surface area contributed by atoms with Crippen molar-refractivity contribution in [2.75, 3.05) is 0 Å². The largest absolute Gasteiger partial charge is 0.349 e. The van der Waals surface area contributed by atoms with E-state index in [1.807, 2.05) is 54.9 Å². The van der Waals surface area contributed by atoms with E-state index < -0.39 is 0 Å². The van der Waals surface area contributed by atoms with Gasteiger partial charge in [-0.15, -0.1) is 0 Å². The zero-order valence-electron chi connectivity index (χ0n) is 13.2. The predicted molar refractivity (Wildman–Crippen MR) is 89.0 cm³/mol. The van der Waals surface area contributed by atoms with Gasteiger partial charge in [0.1, 0.15) is 11.6 Å². The number of fused-ring (bicyclic) bond motifs is 1. The molecule has 0 spiro atoms. The summed E-state index contributed by atoms with van der Waals surface area (Å²) in [4.78, 5) is 12.1. The van der Waals surface area contributed by atoms with Crippen molar-refractivity contribution in [1.82, 2.24) is 9.88 Å². The number of aromatic nitrogens is 1. The summed E-state index contributed by atoms with van der Waals surface area (Å²) >= 11 is 0. The van der Waals surface area contributed by atoms with Crippen LogP contribution in [0.4, 0.5) is 0 Å². The highest BCUT2D eigenvalue weighted by Crippen LogP contribution is 2.24. The Kier molecular flexibility index (Phi) is 5.17. The third-order valence-electron chi connectivity index (χ3n) is 3.37. The molecule has 5 heteroatoms. The molecule has 0 saturated heterocycles. The fourth-order valence-corrected chi connectivity index (χ4v) is 2.39. The Bertz CT molecular complexity index is 831. The number of carbonyl (C=O) groups is 1. The van der Waals surface area contributed by atoms with Crippen molar-refractivity contribution in [2.45, 2.75) is 32.9 Å². The lowest BCUT2D eigenvalue weighted by molar-refractivity contribution is -0.117. The summed E-state index contributed by atoms with van der Waals surface area (Å²) in [6, 6.07) is 11.8. The molecule has 0 aliphatic carbocycles. The summed E-state index contributed by atoms with van der Waals surface area (Å²) in [7, 11) is 0. The second-order valence-corrected chi connectivity index (χ2v) is 5.50. The van der Waals surface area contributed by atoms with Gasteiger partial charge in [-0.05, 0) is 26.0 Å². The van der Waals surface area contributed by atoms with Crippen LogP contribution >= 0.6 is 0 Å². The van der Waals surface area contributed by atoms with Crippen molar-refractivity contribution in [3.8, 4) is 12.1 Å². The monoisotopic (exact) mass is 306 g/mol. The number of nitriles is 2. The van der Waals surface area contributed by atoms with Gasteiger partial charge in [-0.2, -0.15) is 10.5 Å². The Hall–Kier alpha value is -3.05. The Morgan fingerprint density at radius 2 is 2.09 bits per heavy atom. The molecule has 0 radical (unpaired) electrons. The number of carbonyl (C=O) groups excluding carboxylic acids is 1. The number of nitrogens with one attached hydrogen (secondary N) is 1. The molecule has 1 aromatic heterocycles. The van der Waals surface area contributed by atoms with E-state index in [0.717, 1.165) is 16.5 Å². The number of hydrogen-bond acceptors (Lipinski definition) is 3. The van der Waals surface area contributed by atoms with E-state index in [0.29, 0.717) is 13.0 Å². The number of para-hydroxylation sites is 1. The van der Waals surface area contributed by atoms with Gasteiger partial charge in [-0.1, -0.05) is 18.2 Å². The van der Waals surface area contributed by atoms with Crippen LogP contribution in [0.15, 0.2) is 36.0 Å². The number of aryl methyl sites for hydroxylation is 1. The van der Waals surface area contributed by atoms with Crippen LogP contribution < -0.4 is 5.32 Å². The fourth-order valence-electron chi connectivity index (χ4n) is 2.39. The van der Waals surface area contributed by atoms with E-state index in [9.17, 15) is 10.1 Å². The summed E-state index contributed by atoms with van der Waals surface area (Å²) < 4.78 is 1.97. The minimum atomic E-state index is -0.378. The van der Waals surface area contributed by atoms with Gasteiger partial charge >= 0.3 is 0 Å². The molecule has 0 unspecified atom stereocenters. The molecule has 1 heterocycles. The maximum atomic E-state index is 12.1. The van der Waals surface area contributed by atoms with Gasteiger partial charge in [-0.3, -0.25) is 4.79 Å². The van der Waals surface area contributed by atoms with E-state index in [-0.39, 0.29) is 17.5 Å². The van der Waals surface area contributed by atoms with E-state index in [2.05, 4.69) is 11.4 Å². The van der Waals surface area contributed by atoms with Crippen LogP contribution in [0.2, 0.25) is 0 Å². The zero-order chi connectivity index (χ0) is 16.8. The molecular weight excluding hydrogens is 288 g/mol. The molecule has 0 bridgehead atoms. The van der Waals surface area contributed by atoms with Gasteiger partial charge in [0, 0.05) is 35.2 Å². The lowest BCUT2D eigenvalue weighted by atomic mass is 10.1. The van der Waals surface area contributed by atoms with Gasteiger partial charge < -0.3 is 9.88 Å². The van der Waals surface area contributed by atoms with Gasteiger partial charge in [0.05, 0.1) is 12.5 Å². The van der Waals surface area contributed by atoms with Crippen LogP contribution in [-0.4, -0.2) is 16.5 Å². The molecule has 0 aliphatic heterocycles. The zero-order valence-corrected chi connectivity index (χ0v) is 13.2. The van der Waals surface area contributed by atoms with Gasteiger partial charge in [0.15, 0.2) is 0 Å². The van der Waals surface area contributed by atoms with Crippen molar-refractivity contribution >= 4 is 22.9 Å². The number of hydrogen-bond donors (Lipinski definition) is 1. The first-order valence-corrected chi connectivity index (χ1v) is 7.44. The third-order valence-corrected chi connectivity index (χ3v) is 3.37. The topological polar surface area (TPSA) is 81.6 Å². The molecule has 1 aromatic carbocycles. The lowest BCUT2D eigenvalue weighted by Gasteiger charge is -2.06. The van der Waals surface area contributed by atoms with E-state index in [1.165, 1.54) is 0 Å². The number of amides is 1. The van der Waals surface area contributed by atoms with Gasteiger partial charge in [-0.25, -0.2) is 0 Å². The molecule has 0 fully saturated rings. The molecular formula is C18H18N4O. The minimum Gasteiger partial charge on any atom is -0.349 e. The molecule has 1 N–H and O–H groups in total. The molecule has 0 saturated carbocycles. The van der Waals surface area contributed by atoms with Crippen molar-refractivity contribution in [3.05, 3.63) is 41.6 Å². The molecule has 0 aliphatic rings. The van der Waals surface area contributed by atoms with Crippen molar-refractivity contribution in [3.63, 3.8) is 0 Å². The highest BCUT2D eigenvalue weighted by molar-refractivity contribution is 6.04. The molecule has 5 nitrogen and oxygen atoms in total. The maximum absolute atomic E-state index is 12.1. The summed E-state index contributed by atoms with van der Waals surface area (Å²) in [5.41, 5.74) is 1.85. The standard InChI is InChI=1S/C18H18N4O/c1-13(2)21-18(23)14(11-20)10-15-12-22(9-5-8-19)17-7-4-3-6-16(15)17/h3-4,6-7,10,12-13H,5,9H2,1-2H3,(H,21,23)/b14-10+. The van der Waals surface area contributed by atoms with Gasteiger partial charge in [0.2, 0.25) is 0 Å². The second kappa shape index (κ2) is 7.29. The first kappa shape index (κ1) is 16.3. The maximum Gasteiger partial charge on any atom is 0.262 e. The molecule has 2 aromatic rings. The summed E-state index contributed by atoms with van der Waals surface area (Å²) in [6.45, 7) is 4.27. The second-order valence-electron chi connectivity index (χ2n) is 5.50. The molecule has 0 atom stereocenters. The van der Waals surface area contributed by atoms with Crippen LogP contribution in [0.5, 0.6) is 0 Å². The highest BCUT2D eigenvalue weighted by Gasteiger charge is 2.12. The number of nitrogens with zero attached hydrogens (tertiary/aromatic N) is 3. The van der Waals surface area contributed by atoms with Crippen molar-refractivity contribution in [2.24, 2.45) is 0 Å². The number of rotatable bonds is 5. The third kappa shape index (κ3) is 3.78. The smallest absolute Gasteiger partial charge is 0.262 e. The van der Waals surface area contributed by atoms with Crippen LogP contribution in [0.3, 0.4) is 0 Å². The van der Waals surface area contributed by atoms with E-state index >= 15 is 0 Å². The highest BCUT2D eigenvalue weighted by atomic mass is 16.1. The van der Waals surface area contributed by atoms with Crippen molar-refractivity contribution < 1.29 is 4.79 Å². The molecule has 2 rings (SSSR count). The first-order chi connectivity index (χ1) is 11.1. The number of benzene rings is 1. The molecule has 1 amide bonds. The summed E-state index contributed by atoms with van der Waals surface area (Å²) in [6.07, 6.45) is 3.88. The quantitative estimate of drug-likeness (QED) is 0.681. The first-order valence-electron chi connectivity index (χ1n) is 7.44. The van der Waals surface area contributed by atoms with Crippen LogP contribution in [0.25, 0.3) is 17.0 Å². The minimum absolute atomic E-state index is 0.0313. The van der Waals surface area contributed by atoms with Crippen LogP contribution in [0.1, 0.15) is 25.8 Å². The van der Waals surface area contributed by atoms with E-state index in [4.69, 9.17) is 5.26 Å². The Morgan fingerprint density at radius 1 is 1.35 bits per heavy atom. The molecule has 23 heavy (non-hydrogen) atoms. The lowest BCUT2D eigenvalue weighted by Crippen LogP contribution is -2.30. The Labute approximate surface area is 135 Å². The Balaban J connectivity index is 2.46. The fraction of sp³-hybridized carbons (Fsp3) is 0.278. The van der Waals surface area contributed by atoms with Crippen LogP contribution in [-0.2, 0) is 11.3 Å². The van der Waals surface area contributed by atoms with Crippen molar-refractivity contribution in [1.29, 1.82) is 10.5 Å². The predicted octanol–water partition coefficient (Wildman–Crippen LogP) is 2.99. The average molecular weight is 306 g/mol. The SMILES string of the molecule is CC(C)NC(=O)/C(C#N)=C/c1cn(CCC#N)c2ccccc12. The summed E-state index contributed by atoms with van der Waals surface area (Å²) in [5.74, 6) is -0.378.